The van der Waals surface area contributed by atoms with Gasteiger partial charge in [0, 0.05) is 12.7 Å². The van der Waals surface area contributed by atoms with Crippen molar-refractivity contribution in [3.63, 3.8) is 0 Å². The number of fused-ring (bicyclic) bond motifs is 1. The number of aryl methyl sites for hydroxylation is 2. The highest BCUT2D eigenvalue weighted by Crippen LogP contribution is 2.25. The molecule has 0 atom stereocenters. The standard InChI is InChI=1S/C14H16N2O/c1-16(14(17)8-9-15)13-7-6-11-4-2-3-5-12(11)10-13/h6-7,10H,2-5,8H2,1H3. The molecule has 3 heteroatoms. The highest BCUT2D eigenvalue weighted by molar-refractivity contribution is 5.94. The molecule has 0 aromatic heterocycles. The lowest BCUT2D eigenvalue weighted by atomic mass is 9.91. The molecule has 88 valence electrons. The molecule has 0 radical (unpaired) electrons. The zero-order chi connectivity index (χ0) is 12.3. The van der Waals surface area contributed by atoms with E-state index < -0.39 is 0 Å². The quantitative estimate of drug-likeness (QED) is 0.780. The topological polar surface area (TPSA) is 44.1 Å². The lowest BCUT2D eigenvalue weighted by Crippen LogP contribution is -2.25. The number of carbonyl (C=O) groups excluding carboxylic acids is 1. The average Bonchev–Trinajstić information content (AvgIpc) is 2.37. The molecule has 1 aliphatic rings. The van der Waals surface area contributed by atoms with Crippen LogP contribution >= 0.6 is 0 Å². The fraction of sp³-hybridized carbons (Fsp3) is 0.429. The van der Waals surface area contributed by atoms with Crippen molar-refractivity contribution in [2.24, 2.45) is 0 Å². The highest BCUT2D eigenvalue weighted by Gasteiger charge is 2.14. The SMILES string of the molecule is CN(C(=O)CC#N)c1ccc2c(c1)CCCC2. The molecule has 1 aliphatic carbocycles. The van der Waals surface area contributed by atoms with Gasteiger partial charge in [0.2, 0.25) is 5.91 Å². The van der Waals surface area contributed by atoms with Crippen molar-refractivity contribution >= 4 is 11.6 Å². The molecule has 0 bridgehead atoms. The summed E-state index contributed by atoms with van der Waals surface area (Å²) in [6, 6.07) is 8.06. The van der Waals surface area contributed by atoms with Gasteiger partial charge in [-0.05, 0) is 48.9 Å². The van der Waals surface area contributed by atoms with Gasteiger partial charge < -0.3 is 4.90 Å². The second-order valence-electron chi connectivity index (χ2n) is 4.45. The summed E-state index contributed by atoms with van der Waals surface area (Å²) in [6.45, 7) is 0. The first-order valence-electron chi connectivity index (χ1n) is 5.97. The van der Waals surface area contributed by atoms with E-state index in [9.17, 15) is 4.79 Å². The van der Waals surface area contributed by atoms with E-state index in [2.05, 4.69) is 12.1 Å². The molecule has 1 amide bonds. The highest BCUT2D eigenvalue weighted by atomic mass is 16.2. The van der Waals surface area contributed by atoms with Crippen LogP contribution in [-0.2, 0) is 17.6 Å². The Bertz CT molecular complexity index is 474. The molecule has 0 unspecified atom stereocenters. The van der Waals surface area contributed by atoms with Crippen molar-refractivity contribution in [3.8, 4) is 6.07 Å². The molecule has 1 aromatic rings. The maximum atomic E-state index is 11.6. The van der Waals surface area contributed by atoms with Crippen molar-refractivity contribution in [3.05, 3.63) is 29.3 Å². The molecule has 0 saturated heterocycles. The summed E-state index contributed by atoms with van der Waals surface area (Å²) in [7, 11) is 1.73. The molecule has 0 N–H and O–H groups in total. The monoisotopic (exact) mass is 228 g/mol. The molecule has 0 spiro atoms. The molecule has 3 nitrogen and oxygen atoms in total. The molecule has 2 rings (SSSR count). The summed E-state index contributed by atoms with van der Waals surface area (Å²) in [5.41, 5.74) is 3.65. The van der Waals surface area contributed by atoms with Crippen LogP contribution in [0.4, 0.5) is 5.69 Å². The number of nitriles is 1. The summed E-state index contributed by atoms with van der Waals surface area (Å²) in [5, 5.41) is 8.53. The van der Waals surface area contributed by atoms with Gasteiger partial charge in [-0.3, -0.25) is 4.79 Å². The summed E-state index contributed by atoms with van der Waals surface area (Å²) in [5.74, 6) is -0.150. The maximum absolute atomic E-state index is 11.6. The number of carbonyl (C=O) groups is 1. The Morgan fingerprint density at radius 3 is 2.76 bits per heavy atom. The Labute approximate surface area is 102 Å². The lowest BCUT2D eigenvalue weighted by Gasteiger charge is -2.21. The molecule has 0 fully saturated rings. The minimum atomic E-state index is -0.150. The van der Waals surface area contributed by atoms with Crippen molar-refractivity contribution in [1.29, 1.82) is 5.26 Å². The van der Waals surface area contributed by atoms with Crippen molar-refractivity contribution < 1.29 is 4.79 Å². The Kier molecular flexibility index (Phi) is 3.43. The van der Waals surface area contributed by atoms with Gasteiger partial charge in [-0.2, -0.15) is 5.26 Å². The summed E-state index contributed by atoms with van der Waals surface area (Å²) in [6.07, 6.45) is 4.67. The molecule has 17 heavy (non-hydrogen) atoms. The van der Waals surface area contributed by atoms with E-state index in [4.69, 9.17) is 5.26 Å². The van der Waals surface area contributed by atoms with Crippen LogP contribution in [0.3, 0.4) is 0 Å². The van der Waals surface area contributed by atoms with E-state index >= 15 is 0 Å². The van der Waals surface area contributed by atoms with Crippen LogP contribution < -0.4 is 4.90 Å². The zero-order valence-electron chi connectivity index (χ0n) is 10.1. The van der Waals surface area contributed by atoms with Gasteiger partial charge in [0.1, 0.15) is 6.42 Å². The number of rotatable bonds is 2. The average molecular weight is 228 g/mol. The van der Waals surface area contributed by atoms with Gasteiger partial charge in [0.15, 0.2) is 0 Å². The van der Waals surface area contributed by atoms with Crippen LogP contribution in [0.25, 0.3) is 0 Å². The second-order valence-corrected chi connectivity index (χ2v) is 4.45. The Morgan fingerprint density at radius 2 is 2.06 bits per heavy atom. The van der Waals surface area contributed by atoms with E-state index in [0.29, 0.717) is 0 Å². The fourth-order valence-electron chi connectivity index (χ4n) is 2.26. The third-order valence-electron chi connectivity index (χ3n) is 3.32. The van der Waals surface area contributed by atoms with Gasteiger partial charge in [0.25, 0.3) is 0 Å². The number of hydrogen-bond donors (Lipinski definition) is 0. The Balaban J connectivity index is 2.22. The first kappa shape index (κ1) is 11.7. The van der Waals surface area contributed by atoms with Gasteiger partial charge in [-0.1, -0.05) is 6.07 Å². The summed E-state index contributed by atoms with van der Waals surface area (Å²) < 4.78 is 0. The predicted molar refractivity (Wildman–Crippen MR) is 66.7 cm³/mol. The minimum absolute atomic E-state index is 0.0619. The fourth-order valence-corrected chi connectivity index (χ4v) is 2.26. The van der Waals surface area contributed by atoms with Gasteiger partial charge in [-0.25, -0.2) is 0 Å². The maximum Gasteiger partial charge on any atom is 0.240 e. The first-order valence-corrected chi connectivity index (χ1v) is 5.97. The molecule has 0 aliphatic heterocycles. The minimum Gasteiger partial charge on any atom is -0.315 e. The first-order chi connectivity index (χ1) is 8.22. The van der Waals surface area contributed by atoms with Crippen LogP contribution in [0, 0.1) is 11.3 Å². The van der Waals surface area contributed by atoms with Crippen molar-refractivity contribution in [1.82, 2.24) is 0 Å². The Hall–Kier alpha value is -1.82. The second kappa shape index (κ2) is 5.01. The van der Waals surface area contributed by atoms with Crippen LogP contribution in [0.5, 0.6) is 0 Å². The molecular weight excluding hydrogens is 212 g/mol. The molecule has 0 saturated carbocycles. The van der Waals surface area contributed by atoms with Gasteiger partial charge in [0.05, 0.1) is 6.07 Å². The number of anilines is 1. The number of amides is 1. The van der Waals surface area contributed by atoms with Gasteiger partial charge in [-0.15, -0.1) is 0 Å². The van der Waals surface area contributed by atoms with E-state index in [1.165, 1.54) is 24.0 Å². The Morgan fingerprint density at radius 1 is 1.35 bits per heavy atom. The van der Waals surface area contributed by atoms with Crippen LogP contribution in [-0.4, -0.2) is 13.0 Å². The van der Waals surface area contributed by atoms with Crippen LogP contribution in [0.1, 0.15) is 30.4 Å². The number of hydrogen-bond acceptors (Lipinski definition) is 2. The molecular formula is C14H16N2O. The number of benzene rings is 1. The third-order valence-corrected chi connectivity index (χ3v) is 3.32. The third kappa shape index (κ3) is 2.47. The van der Waals surface area contributed by atoms with Crippen LogP contribution in [0.2, 0.25) is 0 Å². The molecule has 1 aromatic carbocycles. The van der Waals surface area contributed by atoms with Crippen molar-refractivity contribution in [2.75, 3.05) is 11.9 Å². The normalized spacial score (nSPS) is 13.6. The zero-order valence-corrected chi connectivity index (χ0v) is 10.1. The summed E-state index contributed by atoms with van der Waals surface area (Å²) in [4.78, 5) is 13.2. The van der Waals surface area contributed by atoms with E-state index in [1.54, 1.807) is 11.9 Å². The number of nitrogens with zero attached hydrogens (tertiary/aromatic N) is 2. The molecule has 0 heterocycles. The van der Waals surface area contributed by atoms with Crippen LogP contribution in [0.15, 0.2) is 18.2 Å². The predicted octanol–water partition coefficient (Wildman–Crippen LogP) is 2.44. The summed E-state index contributed by atoms with van der Waals surface area (Å²) >= 11 is 0. The van der Waals surface area contributed by atoms with Gasteiger partial charge >= 0.3 is 0 Å². The van der Waals surface area contributed by atoms with E-state index in [-0.39, 0.29) is 12.3 Å². The van der Waals surface area contributed by atoms with E-state index in [0.717, 1.165) is 18.5 Å². The lowest BCUT2D eigenvalue weighted by molar-refractivity contribution is -0.117. The van der Waals surface area contributed by atoms with E-state index in [1.807, 2.05) is 12.1 Å². The largest absolute Gasteiger partial charge is 0.315 e. The smallest absolute Gasteiger partial charge is 0.240 e. The van der Waals surface area contributed by atoms with Crippen molar-refractivity contribution in [2.45, 2.75) is 32.1 Å².